The Morgan fingerprint density at radius 1 is 0.583 bits per heavy atom. The van der Waals surface area contributed by atoms with Crippen molar-refractivity contribution in [2.45, 2.75) is 27.7 Å². The summed E-state index contributed by atoms with van der Waals surface area (Å²) in [6.07, 6.45) is 0. The molecule has 0 saturated heterocycles. The zero-order valence-corrected chi connectivity index (χ0v) is 23.7. The number of carbonyl (C=O) groups is 2. The fraction of sp³-hybridized carbons (Fsp3) is 0.267. The maximum atomic E-state index is 13.1. The average Bonchev–Trinajstić information content (AvgIpc) is 2.85. The topological polar surface area (TPSA) is 52.6 Å². The quantitative estimate of drug-likeness (QED) is 0.110. The van der Waals surface area contributed by atoms with Gasteiger partial charge in [0, 0.05) is 19.7 Å². The normalized spacial score (nSPS) is 12.0. The third-order valence-corrected chi connectivity index (χ3v) is 7.66. The number of fused-ring (bicyclic) bond motifs is 2. The van der Waals surface area contributed by atoms with Gasteiger partial charge in [0.15, 0.2) is 0 Å². The second-order valence-electron chi connectivity index (χ2n) is 10.00. The number of hydrogen-bond acceptors (Lipinski definition) is 4. The van der Waals surface area contributed by atoms with Crippen molar-refractivity contribution in [2.24, 2.45) is 11.8 Å². The molecular formula is C30H26Br2O4. The van der Waals surface area contributed by atoms with Crippen molar-refractivity contribution in [2.75, 3.05) is 13.2 Å². The number of benzene rings is 5. The first kappa shape index (κ1) is 25.0. The second kappa shape index (κ2) is 9.64. The van der Waals surface area contributed by atoms with Crippen LogP contribution in [0.3, 0.4) is 0 Å². The molecule has 5 aromatic rings. The second-order valence-corrected chi connectivity index (χ2v) is 11.7. The van der Waals surface area contributed by atoms with Crippen LogP contribution in [0.4, 0.5) is 0 Å². The lowest BCUT2D eigenvalue weighted by Crippen LogP contribution is -2.11. The number of hydrogen-bond donors (Lipinski definition) is 0. The fourth-order valence-corrected chi connectivity index (χ4v) is 5.87. The molecule has 0 atom stereocenters. The van der Waals surface area contributed by atoms with Gasteiger partial charge in [-0.15, -0.1) is 0 Å². The molecule has 0 spiro atoms. The van der Waals surface area contributed by atoms with Crippen LogP contribution in [0.25, 0.3) is 43.1 Å². The molecule has 0 saturated carbocycles. The number of esters is 2. The van der Waals surface area contributed by atoms with Crippen LogP contribution in [0.1, 0.15) is 48.4 Å². The van der Waals surface area contributed by atoms with Crippen LogP contribution in [0, 0.1) is 11.8 Å². The summed E-state index contributed by atoms with van der Waals surface area (Å²) >= 11 is 7.38. The zero-order chi connectivity index (χ0) is 25.7. The van der Waals surface area contributed by atoms with E-state index in [4.69, 9.17) is 9.47 Å². The van der Waals surface area contributed by atoms with Crippen LogP contribution in [-0.2, 0) is 9.47 Å². The molecule has 0 heterocycles. The zero-order valence-electron chi connectivity index (χ0n) is 20.6. The van der Waals surface area contributed by atoms with Crippen LogP contribution in [-0.4, -0.2) is 25.2 Å². The molecule has 0 bridgehead atoms. The minimum atomic E-state index is -0.330. The van der Waals surface area contributed by atoms with Crippen molar-refractivity contribution >= 4 is 86.9 Å². The molecule has 0 N–H and O–H groups in total. The van der Waals surface area contributed by atoms with Crippen LogP contribution < -0.4 is 0 Å². The molecule has 0 aliphatic heterocycles. The highest BCUT2D eigenvalue weighted by molar-refractivity contribution is 9.11. The van der Waals surface area contributed by atoms with E-state index in [0.29, 0.717) is 24.3 Å². The smallest absolute Gasteiger partial charge is 0.338 e. The van der Waals surface area contributed by atoms with E-state index in [1.165, 1.54) is 0 Å². The highest BCUT2D eigenvalue weighted by Crippen LogP contribution is 2.45. The molecule has 4 nitrogen and oxygen atoms in total. The lowest BCUT2D eigenvalue weighted by atomic mass is 9.87. The minimum Gasteiger partial charge on any atom is -0.462 e. The Morgan fingerprint density at radius 3 is 1.25 bits per heavy atom. The molecular weight excluding hydrogens is 584 g/mol. The largest absolute Gasteiger partial charge is 0.462 e. The van der Waals surface area contributed by atoms with Crippen LogP contribution in [0.5, 0.6) is 0 Å². The summed E-state index contributed by atoms with van der Waals surface area (Å²) in [5, 5.41) is 7.71. The van der Waals surface area contributed by atoms with Crippen molar-refractivity contribution in [3.63, 3.8) is 0 Å². The predicted molar refractivity (Wildman–Crippen MR) is 153 cm³/mol. The number of rotatable bonds is 6. The molecule has 0 unspecified atom stereocenters. The molecule has 0 aromatic heterocycles. The molecule has 184 valence electrons. The van der Waals surface area contributed by atoms with Gasteiger partial charge in [-0.2, -0.15) is 0 Å². The summed E-state index contributed by atoms with van der Waals surface area (Å²) in [4.78, 5) is 26.1. The van der Waals surface area contributed by atoms with E-state index in [1.54, 1.807) is 0 Å². The first-order valence-electron chi connectivity index (χ1n) is 12.0. The van der Waals surface area contributed by atoms with Gasteiger partial charge in [-0.3, -0.25) is 0 Å². The van der Waals surface area contributed by atoms with E-state index < -0.39 is 0 Å². The highest BCUT2D eigenvalue weighted by Gasteiger charge is 2.23. The SMILES string of the molecule is CC(C)COC(=O)c1ccc2c3ccc(Br)c4c(C(=O)OCC(C)C)ccc(c5ccc(Br)c1c52)c43. The van der Waals surface area contributed by atoms with Crippen molar-refractivity contribution < 1.29 is 19.1 Å². The third-order valence-electron chi connectivity index (χ3n) is 6.34. The minimum absolute atomic E-state index is 0.252. The summed E-state index contributed by atoms with van der Waals surface area (Å²) in [5.41, 5.74) is 1.07. The average molecular weight is 610 g/mol. The fourth-order valence-electron chi connectivity index (χ4n) is 4.79. The third kappa shape index (κ3) is 4.14. The summed E-state index contributed by atoms with van der Waals surface area (Å²) in [5.74, 6) is -0.158. The Kier molecular flexibility index (Phi) is 6.69. The van der Waals surface area contributed by atoms with E-state index in [9.17, 15) is 9.59 Å². The van der Waals surface area contributed by atoms with E-state index in [-0.39, 0.29) is 23.8 Å². The number of ether oxygens (including phenoxy) is 2. The highest BCUT2D eigenvalue weighted by atomic mass is 79.9. The van der Waals surface area contributed by atoms with Gasteiger partial charge < -0.3 is 9.47 Å². The molecule has 0 aliphatic carbocycles. The van der Waals surface area contributed by atoms with Crippen molar-refractivity contribution in [1.29, 1.82) is 0 Å². The van der Waals surface area contributed by atoms with Gasteiger partial charge in [0.2, 0.25) is 0 Å². The van der Waals surface area contributed by atoms with E-state index >= 15 is 0 Å². The molecule has 6 heteroatoms. The summed E-state index contributed by atoms with van der Waals surface area (Å²) in [6.45, 7) is 8.80. The van der Waals surface area contributed by atoms with Gasteiger partial charge in [0.05, 0.1) is 24.3 Å². The lowest BCUT2D eigenvalue weighted by Gasteiger charge is -2.19. The van der Waals surface area contributed by atoms with E-state index in [0.717, 1.165) is 52.0 Å². The molecule has 5 aromatic carbocycles. The van der Waals surface area contributed by atoms with Gasteiger partial charge in [0.25, 0.3) is 0 Å². The summed E-state index contributed by atoms with van der Waals surface area (Å²) < 4.78 is 12.9. The molecule has 0 aliphatic rings. The van der Waals surface area contributed by atoms with Gasteiger partial charge >= 0.3 is 11.9 Å². The lowest BCUT2D eigenvalue weighted by molar-refractivity contribution is 0.0453. The first-order valence-corrected chi connectivity index (χ1v) is 13.6. The predicted octanol–water partition coefficient (Wildman–Crippen LogP) is 8.89. The molecule has 0 fully saturated rings. The Bertz CT molecular complexity index is 1510. The Morgan fingerprint density at radius 2 is 0.917 bits per heavy atom. The van der Waals surface area contributed by atoms with Gasteiger partial charge in [-0.05, 0) is 68.4 Å². The van der Waals surface area contributed by atoms with Crippen molar-refractivity contribution in [3.05, 3.63) is 68.6 Å². The van der Waals surface area contributed by atoms with Crippen LogP contribution in [0.2, 0.25) is 0 Å². The Hall–Kier alpha value is -2.70. The van der Waals surface area contributed by atoms with Gasteiger partial charge in [0.1, 0.15) is 0 Å². The van der Waals surface area contributed by atoms with E-state index in [2.05, 4.69) is 44.0 Å². The maximum Gasteiger partial charge on any atom is 0.338 e. The standard InChI is InChI=1S/C30H26Br2O4/c1-15(2)13-35-29(33)21-7-5-17-20-10-12-24(32)28-22(30(34)36-14-16(3)4)8-6-18(26(20)28)19-9-11-23(31)27(21)25(17)19/h5-12,15-16H,13-14H2,1-4H3. The van der Waals surface area contributed by atoms with Crippen molar-refractivity contribution in [1.82, 2.24) is 0 Å². The molecule has 5 rings (SSSR count). The van der Waals surface area contributed by atoms with Gasteiger partial charge in [-0.25, -0.2) is 9.59 Å². The molecule has 0 radical (unpaired) electrons. The summed E-state index contributed by atoms with van der Waals surface area (Å²) in [7, 11) is 0. The first-order chi connectivity index (χ1) is 17.2. The monoisotopic (exact) mass is 608 g/mol. The number of halogens is 2. The molecule has 0 amide bonds. The van der Waals surface area contributed by atoms with Crippen molar-refractivity contribution in [3.8, 4) is 0 Å². The van der Waals surface area contributed by atoms with Crippen LogP contribution in [0.15, 0.2) is 57.5 Å². The Balaban J connectivity index is 1.83. The maximum absolute atomic E-state index is 13.1. The Labute approximate surface area is 226 Å². The van der Waals surface area contributed by atoms with E-state index in [1.807, 2.05) is 64.1 Å². The van der Waals surface area contributed by atoms with Crippen LogP contribution >= 0.6 is 31.9 Å². The molecule has 36 heavy (non-hydrogen) atoms. The number of carbonyl (C=O) groups excluding carboxylic acids is 2. The van der Waals surface area contributed by atoms with Gasteiger partial charge in [-0.1, -0.05) is 83.8 Å². The summed E-state index contributed by atoms with van der Waals surface area (Å²) in [6, 6.07) is 15.7.